The number of amidine groups is 1. The molecule has 0 aromatic heterocycles. The highest BCUT2D eigenvalue weighted by atomic mass is 16.5. The molecule has 0 bridgehead atoms. The van der Waals surface area contributed by atoms with Crippen LogP contribution >= 0.6 is 0 Å². The molecule has 1 fully saturated rings. The molecule has 4 rings (SSSR count). The summed E-state index contributed by atoms with van der Waals surface area (Å²) in [6, 6.07) is 23.8. The third-order valence-electron chi connectivity index (χ3n) is 6.23. The molecule has 1 heterocycles. The second-order valence-corrected chi connectivity index (χ2v) is 8.48. The molecular weight excluding hydrogens is 466 g/mol. The quantitative estimate of drug-likeness (QED) is 0.345. The minimum absolute atomic E-state index is 0.179. The molecule has 0 unspecified atom stereocenters. The van der Waals surface area contributed by atoms with Gasteiger partial charge in [0.2, 0.25) is 0 Å². The standard InChI is InChI=1S/C30H33N3O4/c1-5-32(6-2)25-18-17-24(27(35-3)28(25)36-4)19-26-29(34)33(21-23-15-11-8-12-16-23)30(37-26)31-20-22-13-9-7-10-14-22/h7-19H,5-6,20-21H2,1-4H3/b26-19+,31-30?. The minimum Gasteiger partial charge on any atom is -0.492 e. The highest BCUT2D eigenvalue weighted by Crippen LogP contribution is 2.41. The van der Waals surface area contributed by atoms with E-state index in [0.29, 0.717) is 30.2 Å². The maximum Gasteiger partial charge on any atom is 0.300 e. The van der Waals surface area contributed by atoms with E-state index in [-0.39, 0.29) is 17.7 Å². The number of carbonyl (C=O) groups excluding carboxylic acids is 1. The van der Waals surface area contributed by atoms with Crippen LogP contribution in [0, 0.1) is 0 Å². The fourth-order valence-electron chi connectivity index (χ4n) is 4.32. The lowest BCUT2D eigenvalue weighted by Gasteiger charge is -2.25. The first-order valence-corrected chi connectivity index (χ1v) is 12.4. The van der Waals surface area contributed by atoms with Crippen molar-refractivity contribution in [1.29, 1.82) is 0 Å². The minimum atomic E-state index is -0.260. The lowest BCUT2D eigenvalue weighted by atomic mass is 10.1. The van der Waals surface area contributed by atoms with Crippen LogP contribution in [0.3, 0.4) is 0 Å². The van der Waals surface area contributed by atoms with E-state index in [0.717, 1.165) is 29.9 Å². The average Bonchev–Trinajstić information content (AvgIpc) is 3.23. The molecule has 1 aliphatic rings. The summed E-state index contributed by atoms with van der Waals surface area (Å²) >= 11 is 0. The van der Waals surface area contributed by atoms with Crippen molar-refractivity contribution in [3.05, 3.63) is 95.2 Å². The van der Waals surface area contributed by atoms with Gasteiger partial charge >= 0.3 is 6.02 Å². The van der Waals surface area contributed by atoms with Crippen molar-refractivity contribution in [2.24, 2.45) is 4.99 Å². The Hall–Kier alpha value is -4.26. The van der Waals surface area contributed by atoms with E-state index in [1.165, 1.54) is 0 Å². The van der Waals surface area contributed by atoms with Crippen LogP contribution in [-0.4, -0.2) is 44.1 Å². The molecular formula is C30H33N3O4. The Morgan fingerprint density at radius 3 is 2.08 bits per heavy atom. The summed E-state index contributed by atoms with van der Waals surface area (Å²) in [5.41, 5.74) is 3.63. The Bertz CT molecular complexity index is 1270. The van der Waals surface area contributed by atoms with Gasteiger partial charge in [0.25, 0.3) is 5.91 Å². The first kappa shape index (κ1) is 25.8. The average molecular weight is 500 g/mol. The molecule has 1 amide bonds. The monoisotopic (exact) mass is 499 g/mol. The lowest BCUT2D eigenvalue weighted by molar-refractivity contribution is -0.123. The zero-order valence-electron chi connectivity index (χ0n) is 21.8. The van der Waals surface area contributed by atoms with Gasteiger partial charge < -0.3 is 19.1 Å². The third kappa shape index (κ3) is 5.77. The number of methoxy groups -OCH3 is 2. The summed E-state index contributed by atoms with van der Waals surface area (Å²) in [5, 5.41) is 0. The van der Waals surface area contributed by atoms with Gasteiger partial charge in [-0.25, -0.2) is 4.99 Å². The second-order valence-electron chi connectivity index (χ2n) is 8.48. The predicted octanol–water partition coefficient (Wildman–Crippen LogP) is 5.51. The van der Waals surface area contributed by atoms with Gasteiger partial charge in [0.1, 0.15) is 0 Å². The van der Waals surface area contributed by atoms with Crippen molar-refractivity contribution in [3.8, 4) is 11.5 Å². The van der Waals surface area contributed by atoms with Gasteiger partial charge in [0.15, 0.2) is 17.3 Å². The number of hydrogen-bond donors (Lipinski definition) is 0. The smallest absolute Gasteiger partial charge is 0.300 e. The molecule has 7 heteroatoms. The molecule has 3 aromatic carbocycles. The number of benzene rings is 3. The van der Waals surface area contributed by atoms with Crippen molar-refractivity contribution in [3.63, 3.8) is 0 Å². The molecule has 1 aliphatic heterocycles. The number of carbonyl (C=O) groups is 1. The van der Waals surface area contributed by atoms with Crippen molar-refractivity contribution in [1.82, 2.24) is 4.90 Å². The summed E-state index contributed by atoms with van der Waals surface area (Å²) in [4.78, 5) is 21.9. The van der Waals surface area contributed by atoms with Gasteiger partial charge in [0.05, 0.1) is 33.0 Å². The summed E-state index contributed by atoms with van der Waals surface area (Å²) in [7, 11) is 3.21. The topological polar surface area (TPSA) is 63.6 Å². The Morgan fingerprint density at radius 2 is 1.49 bits per heavy atom. The molecule has 1 saturated heterocycles. The van der Waals surface area contributed by atoms with Gasteiger partial charge in [-0.3, -0.25) is 9.69 Å². The highest BCUT2D eigenvalue weighted by molar-refractivity contribution is 6.11. The van der Waals surface area contributed by atoms with Crippen LogP contribution in [0.2, 0.25) is 0 Å². The molecule has 0 aliphatic carbocycles. The molecule has 0 atom stereocenters. The summed E-state index contributed by atoms with van der Waals surface area (Å²) in [5.74, 6) is 1.08. The van der Waals surface area contributed by atoms with Crippen molar-refractivity contribution in [2.45, 2.75) is 26.9 Å². The molecule has 7 nitrogen and oxygen atoms in total. The summed E-state index contributed by atoms with van der Waals surface area (Å²) in [6.07, 6.45) is 1.69. The molecule has 192 valence electrons. The number of rotatable bonds is 10. The van der Waals surface area contributed by atoms with Gasteiger partial charge in [0, 0.05) is 18.7 Å². The third-order valence-corrected chi connectivity index (χ3v) is 6.23. The zero-order chi connectivity index (χ0) is 26.2. The van der Waals surface area contributed by atoms with Crippen LogP contribution in [0.5, 0.6) is 11.5 Å². The van der Waals surface area contributed by atoms with Crippen molar-refractivity contribution >= 4 is 23.7 Å². The summed E-state index contributed by atoms with van der Waals surface area (Å²) in [6.45, 7) is 6.59. The Kier molecular flexibility index (Phi) is 8.46. The van der Waals surface area contributed by atoms with E-state index in [4.69, 9.17) is 14.2 Å². The maximum atomic E-state index is 13.5. The highest BCUT2D eigenvalue weighted by Gasteiger charge is 2.35. The van der Waals surface area contributed by atoms with E-state index < -0.39 is 0 Å². The molecule has 0 saturated carbocycles. The van der Waals surface area contributed by atoms with E-state index >= 15 is 0 Å². The van der Waals surface area contributed by atoms with Crippen LogP contribution in [-0.2, 0) is 22.6 Å². The van der Waals surface area contributed by atoms with Crippen molar-refractivity contribution in [2.75, 3.05) is 32.2 Å². The molecule has 0 radical (unpaired) electrons. The number of nitrogens with zero attached hydrogens (tertiary/aromatic N) is 3. The van der Waals surface area contributed by atoms with Crippen LogP contribution in [0.1, 0.15) is 30.5 Å². The van der Waals surface area contributed by atoms with E-state index in [1.807, 2.05) is 72.8 Å². The molecule has 3 aromatic rings. The number of hydrogen-bond acceptors (Lipinski definition) is 6. The van der Waals surface area contributed by atoms with E-state index in [1.54, 1.807) is 25.2 Å². The molecule has 37 heavy (non-hydrogen) atoms. The van der Waals surface area contributed by atoms with Crippen molar-refractivity contribution < 1.29 is 19.0 Å². The number of aliphatic imine (C=N–C) groups is 1. The van der Waals surface area contributed by atoms with E-state index in [9.17, 15) is 4.79 Å². The Labute approximate surface area is 218 Å². The number of anilines is 1. The van der Waals surface area contributed by atoms with Gasteiger partial charge in [-0.2, -0.15) is 0 Å². The largest absolute Gasteiger partial charge is 0.492 e. The summed E-state index contributed by atoms with van der Waals surface area (Å²) < 4.78 is 17.5. The second kappa shape index (κ2) is 12.1. The fraction of sp³-hybridized carbons (Fsp3) is 0.267. The molecule has 0 N–H and O–H groups in total. The SMILES string of the molecule is CCN(CC)c1ccc(/C=C2/OC(=NCc3ccccc3)N(Cc3ccccc3)C2=O)c(OC)c1OC. The Balaban J connectivity index is 1.71. The number of ether oxygens (including phenoxy) is 3. The lowest BCUT2D eigenvalue weighted by Crippen LogP contribution is -2.29. The van der Waals surface area contributed by atoms with Crippen LogP contribution < -0.4 is 14.4 Å². The van der Waals surface area contributed by atoms with Crippen LogP contribution in [0.4, 0.5) is 5.69 Å². The number of amides is 1. The van der Waals surface area contributed by atoms with E-state index in [2.05, 4.69) is 23.7 Å². The van der Waals surface area contributed by atoms with Gasteiger partial charge in [-0.05, 0) is 43.2 Å². The molecule has 0 spiro atoms. The fourth-order valence-corrected chi connectivity index (χ4v) is 4.32. The zero-order valence-corrected chi connectivity index (χ0v) is 21.8. The Morgan fingerprint density at radius 1 is 0.865 bits per heavy atom. The van der Waals surface area contributed by atoms with Crippen LogP contribution in [0.25, 0.3) is 6.08 Å². The predicted molar refractivity (Wildman–Crippen MR) is 147 cm³/mol. The first-order valence-electron chi connectivity index (χ1n) is 12.4. The van der Waals surface area contributed by atoms with Gasteiger partial charge in [-0.15, -0.1) is 0 Å². The van der Waals surface area contributed by atoms with Crippen LogP contribution in [0.15, 0.2) is 83.5 Å². The normalized spacial score (nSPS) is 15.2. The maximum absolute atomic E-state index is 13.5. The first-order chi connectivity index (χ1) is 18.1. The van der Waals surface area contributed by atoms with Gasteiger partial charge in [-0.1, -0.05) is 60.7 Å².